The highest BCUT2D eigenvalue weighted by molar-refractivity contribution is 6.16. The number of hydrogen-bond acceptors (Lipinski definition) is 1. The van der Waals surface area contributed by atoms with Crippen LogP contribution in [-0.4, -0.2) is 4.57 Å². The zero-order chi connectivity index (χ0) is 47.4. The summed E-state index contributed by atoms with van der Waals surface area (Å²) in [5, 5.41) is 4.98. The fourth-order valence-electron chi connectivity index (χ4n) is 10.4. The molecule has 1 aromatic heterocycles. The van der Waals surface area contributed by atoms with Crippen molar-refractivity contribution in [2.45, 2.75) is 59.3 Å². The molecule has 0 aliphatic carbocycles. The molecular weight excluding hydrogens is 833 g/mol. The predicted octanol–water partition coefficient (Wildman–Crippen LogP) is 19.0. The van der Waals surface area contributed by atoms with Crippen molar-refractivity contribution in [3.05, 3.63) is 241 Å². The number of fused-ring (bicyclic) bond motifs is 4. The second kappa shape index (κ2) is 17.3. The number of rotatable bonds is 8. The lowest BCUT2D eigenvalue weighted by Gasteiger charge is -2.30. The monoisotopic (exact) mass is 890 g/mol. The van der Waals surface area contributed by atoms with Gasteiger partial charge in [-0.05, 0) is 121 Å². The molecule has 0 fully saturated rings. The number of nitrogens with zero attached hydrogens (tertiary/aromatic N) is 2. The number of para-hydroxylation sites is 4. The van der Waals surface area contributed by atoms with E-state index in [1.54, 1.807) is 0 Å². The van der Waals surface area contributed by atoms with Gasteiger partial charge in [-0.3, -0.25) is 0 Å². The van der Waals surface area contributed by atoms with Crippen molar-refractivity contribution in [3.63, 3.8) is 0 Å². The summed E-state index contributed by atoms with van der Waals surface area (Å²) in [7, 11) is 0. The zero-order valence-corrected chi connectivity index (χ0v) is 40.8. The van der Waals surface area contributed by atoms with Gasteiger partial charge in [0.05, 0.1) is 22.4 Å². The fraction of sp³-hybridized carbons (Fsp3) is 0.134. The number of anilines is 3. The van der Waals surface area contributed by atoms with E-state index in [4.69, 9.17) is 0 Å². The Morgan fingerprint density at radius 2 is 0.870 bits per heavy atom. The minimum Gasteiger partial charge on any atom is -0.309 e. The van der Waals surface area contributed by atoms with E-state index in [1.165, 1.54) is 93.9 Å². The highest BCUT2D eigenvalue weighted by Gasteiger charge is 2.25. The lowest BCUT2D eigenvalue weighted by atomic mass is 9.78. The largest absolute Gasteiger partial charge is 0.309 e. The van der Waals surface area contributed by atoms with Crippen LogP contribution < -0.4 is 4.90 Å². The number of benzene rings is 10. The minimum atomic E-state index is -0.00903. The van der Waals surface area contributed by atoms with Gasteiger partial charge in [0, 0.05) is 33.3 Å². The third-order valence-electron chi connectivity index (χ3n) is 14.0. The Balaban J connectivity index is 1.12. The third kappa shape index (κ3) is 7.90. The normalized spacial score (nSPS) is 12.0. The summed E-state index contributed by atoms with van der Waals surface area (Å²) in [5.41, 5.74) is 20.4. The van der Waals surface area contributed by atoms with Gasteiger partial charge in [0.1, 0.15) is 0 Å². The van der Waals surface area contributed by atoms with Crippen LogP contribution in [0, 0.1) is 6.92 Å². The first-order valence-corrected chi connectivity index (χ1v) is 24.3. The van der Waals surface area contributed by atoms with Gasteiger partial charge in [0.2, 0.25) is 0 Å². The van der Waals surface area contributed by atoms with Gasteiger partial charge in [0.15, 0.2) is 0 Å². The standard InChI is InChI=1S/C67H58N2/c1-45-22-11-15-33-59(45)69-62-36-18-14-29-58(62)65-54(31-21-37-63(65)69)47-38-40-52(41-39-47)68(60-34-16-12-27-53(60)46-23-9-8-10-24-46)61-35-17-13-28-56(61)57-32-20-26-48-25-19-30-55(64(48)57)49-42-50(66(2,3)4)44-51(43-49)67(5,6)7/h8-44H,1-7H3. The zero-order valence-electron chi connectivity index (χ0n) is 40.8. The Bertz CT molecular complexity index is 3650. The summed E-state index contributed by atoms with van der Waals surface area (Å²) in [6, 6.07) is 83.1. The second-order valence-electron chi connectivity index (χ2n) is 20.6. The van der Waals surface area contributed by atoms with Gasteiger partial charge in [0.25, 0.3) is 0 Å². The van der Waals surface area contributed by atoms with E-state index in [0.29, 0.717) is 0 Å². The predicted molar refractivity (Wildman–Crippen MR) is 297 cm³/mol. The Hall–Kier alpha value is -7.94. The first kappa shape index (κ1) is 43.6. The molecule has 0 unspecified atom stereocenters. The van der Waals surface area contributed by atoms with E-state index in [9.17, 15) is 0 Å². The molecule has 0 atom stereocenters. The van der Waals surface area contributed by atoms with Crippen LogP contribution in [0.2, 0.25) is 0 Å². The van der Waals surface area contributed by atoms with Crippen molar-refractivity contribution in [1.29, 1.82) is 0 Å². The van der Waals surface area contributed by atoms with Gasteiger partial charge in [-0.25, -0.2) is 0 Å². The number of aryl methyl sites for hydroxylation is 1. The Kier molecular flexibility index (Phi) is 10.9. The maximum Gasteiger partial charge on any atom is 0.0547 e. The van der Waals surface area contributed by atoms with Gasteiger partial charge in [-0.15, -0.1) is 0 Å². The van der Waals surface area contributed by atoms with Crippen molar-refractivity contribution in [3.8, 4) is 50.2 Å². The van der Waals surface area contributed by atoms with Crippen LogP contribution in [0.3, 0.4) is 0 Å². The van der Waals surface area contributed by atoms with Gasteiger partial charge in [-0.2, -0.15) is 0 Å². The summed E-state index contributed by atoms with van der Waals surface area (Å²) in [4.78, 5) is 2.48. The topological polar surface area (TPSA) is 8.17 Å². The number of hydrogen-bond donors (Lipinski definition) is 0. The lowest BCUT2D eigenvalue weighted by Crippen LogP contribution is -2.16. The molecule has 69 heavy (non-hydrogen) atoms. The van der Waals surface area contributed by atoms with Gasteiger partial charge in [-0.1, -0.05) is 224 Å². The lowest BCUT2D eigenvalue weighted by molar-refractivity contribution is 0.569. The molecule has 0 spiro atoms. The Morgan fingerprint density at radius 3 is 1.55 bits per heavy atom. The van der Waals surface area contributed by atoms with E-state index in [-0.39, 0.29) is 10.8 Å². The SMILES string of the molecule is Cc1ccccc1-n1c2ccccc2c2c(-c3ccc(N(c4ccccc4-c4ccccc4)c4ccccc4-c4cccc5cccc(-c6cc(C(C)(C)C)cc(C(C)(C)C)c6)c45)cc3)cccc21. The molecule has 10 aromatic carbocycles. The third-order valence-corrected chi connectivity index (χ3v) is 14.0. The second-order valence-corrected chi connectivity index (χ2v) is 20.6. The van der Waals surface area contributed by atoms with Crippen LogP contribution in [-0.2, 0) is 10.8 Å². The molecule has 0 aliphatic rings. The van der Waals surface area contributed by atoms with E-state index >= 15 is 0 Å². The molecule has 0 N–H and O–H groups in total. The van der Waals surface area contributed by atoms with E-state index in [2.05, 4.69) is 282 Å². The van der Waals surface area contributed by atoms with Crippen molar-refractivity contribution in [2.24, 2.45) is 0 Å². The molecule has 11 rings (SSSR count). The first-order chi connectivity index (χ1) is 33.4. The maximum absolute atomic E-state index is 2.48. The van der Waals surface area contributed by atoms with Crippen molar-refractivity contribution in [1.82, 2.24) is 4.57 Å². The Labute approximate surface area is 407 Å². The summed E-state index contributed by atoms with van der Waals surface area (Å²) in [6.07, 6.45) is 0. The molecule has 0 radical (unpaired) electrons. The molecular formula is C67H58N2. The van der Waals surface area contributed by atoms with Gasteiger partial charge < -0.3 is 9.47 Å². The highest BCUT2D eigenvalue weighted by atomic mass is 15.1. The van der Waals surface area contributed by atoms with Crippen molar-refractivity contribution < 1.29 is 0 Å². The Morgan fingerprint density at radius 1 is 0.362 bits per heavy atom. The van der Waals surface area contributed by atoms with Crippen LogP contribution in [0.15, 0.2) is 224 Å². The van der Waals surface area contributed by atoms with Crippen LogP contribution in [0.1, 0.15) is 58.2 Å². The number of aromatic nitrogens is 1. The van der Waals surface area contributed by atoms with Gasteiger partial charge >= 0.3 is 0 Å². The van der Waals surface area contributed by atoms with Crippen LogP contribution in [0.4, 0.5) is 17.1 Å². The molecule has 11 aromatic rings. The van der Waals surface area contributed by atoms with Crippen LogP contribution >= 0.6 is 0 Å². The maximum atomic E-state index is 2.48. The smallest absolute Gasteiger partial charge is 0.0547 e. The molecule has 336 valence electrons. The quantitative estimate of drug-likeness (QED) is 0.148. The van der Waals surface area contributed by atoms with Crippen LogP contribution in [0.5, 0.6) is 0 Å². The molecule has 2 heteroatoms. The molecule has 0 saturated carbocycles. The average Bonchev–Trinajstić information content (AvgIpc) is 3.71. The summed E-state index contributed by atoms with van der Waals surface area (Å²) < 4.78 is 2.43. The summed E-state index contributed by atoms with van der Waals surface area (Å²) in [6.45, 7) is 16.1. The molecule has 1 heterocycles. The van der Waals surface area contributed by atoms with E-state index in [1.807, 2.05) is 0 Å². The van der Waals surface area contributed by atoms with Crippen LogP contribution in [0.25, 0.3) is 82.8 Å². The summed E-state index contributed by atoms with van der Waals surface area (Å²) >= 11 is 0. The fourth-order valence-corrected chi connectivity index (χ4v) is 10.4. The average molecular weight is 891 g/mol. The van der Waals surface area contributed by atoms with Crippen molar-refractivity contribution >= 4 is 49.6 Å². The summed E-state index contributed by atoms with van der Waals surface area (Å²) in [5.74, 6) is 0. The van der Waals surface area contributed by atoms with E-state index in [0.717, 1.165) is 22.6 Å². The minimum absolute atomic E-state index is 0.00903. The molecule has 0 amide bonds. The van der Waals surface area contributed by atoms with Crippen molar-refractivity contribution in [2.75, 3.05) is 4.90 Å². The first-order valence-electron chi connectivity index (χ1n) is 24.3. The molecule has 0 bridgehead atoms. The van der Waals surface area contributed by atoms with E-state index < -0.39 is 0 Å². The molecule has 0 saturated heterocycles. The molecule has 0 aliphatic heterocycles. The molecule has 2 nitrogen and oxygen atoms in total. The highest BCUT2D eigenvalue weighted by Crippen LogP contribution is 2.48.